The lowest BCUT2D eigenvalue weighted by atomic mass is 10.1. The number of oxazole rings is 1. The molecule has 0 spiro atoms. The monoisotopic (exact) mass is 247 g/mol. The van der Waals surface area contributed by atoms with E-state index in [4.69, 9.17) is 4.42 Å². The molecule has 1 heterocycles. The minimum Gasteiger partial charge on any atom is -0.441 e. The molecule has 0 saturated heterocycles. The lowest BCUT2D eigenvalue weighted by molar-refractivity contribution is 0.153. The molecule has 2 aromatic rings. The lowest BCUT2D eigenvalue weighted by Gasteiger charge is -2.07. The second kappa shape index (κ2) is 6.55. The third-order valence-corrected chi connectivity index (χ3v) is 3.14. The summed E-state index contributed by atoms with van der Waals surface area (Å²) >= 11 is 0. The Morgan fingerprint density at radius 2 is 2.06 bits per heavy atom. The highest BCUT2D eigenvalue weighted by molar-refractivity contribution is 5.72. The molecule has 98 valence electrons. The van der Waals surface area contributed by atoms with Crippen molar-refractivity contribution in [2.24, 2.45) is 0 Å². The molecule has 3 heteroatoms. The third-order valence-electron chi connectivity index (χ3n) is 3.14. The summed E-state index contributed by atoms with van der Waals surface area (Å²) in [7, 11) is 0. The van der Waals surface area contributed by atoms with Crippen molar-refractivity contribution in [3.8, 4) is 0 Å². The van der Waals surface area contributed by atoms with E-state index in [2.05, 4.69) is 11.9 Å². The molecule has 0 radical (unpaired) electrons. The van der Waals surface area contributed by atoms with Gasteiger partial charge in [-0.15, -0.1) is 0 Å². The van der Waals surface area contributed by atoms with Crippen LogP contribution in [0, 0.1) is 0 Å². The van der Waals surface area contributed by atoms with E-state index in [1.165, 1.54) is 19.3 Å². The Morgan fingerprint density at radius 1 is 1.22 bits per heavy atom. The van der Waals surface area contributed by atoms with Crippen LogP contribution < -0.4 is 0 Å². The van der Waals surface area contributed by atoms with Crippen LogP contribution >= 0.6 is 0 Å². The van der Waals surface area contributed by atoms with Gasteiger partial charge in [0, 0.05) is 0 Å². The van der Waals surface area contributed by atoms with Crippen molar-refractivity contribution >= 4 is 11.1 Å². The van der Waals surface area contributed by atoms with Gasteiger partial charge in [0.15, 0.2) is 11.5 Å². The molecule has 1 unspecified atom stereocenters. The number of aliphatic hydroxyl groups is 1. The predicted octanol–water partition coefficient (Wildman–Crippen LogP) is 3.70. The van der Waals surface area contributed by atoms with Crippen molar-refractivity contribution in [3.05, 3.63) is 30.2 Å². The highest BCUT2D eigenvalue weighted by Gasteiger charge is 2.11. The Morgan fingerprint density at radius 3 is 2.83 bits per heavy atom. The van der Waals surface area contributed by atoms with Crippen LogP contribution in [0.2, 0.25) is 0 Å². The summed E-state index contributed by atoms with van der Waals surface area (Å²) in [4.78, 5) is 4.37. The van der Waals surface area contributed by atoms with Crippen LogP contribution in [-0.2, 0) is 6.42 Å². The van der Waals surface area contributed by atoms with E-state index < -0.39 is 0 Å². The van der Waals surface area contributed by atoms with Crippen molar-refractivity contribution in [2.75, 3.05) is 0 Å². The molecular formula is C15H21NO2. The Kier molecular flexibility index (Phi) is 4.76. The fraction of sp³-hybridized carbons (Fsp3) is 0.533. The molecule has 0 aliphatic heterocycles. The Hall–Kier alpha value is -1.35. The Bertz CT molecular complexity index is 445. The van der Waals surface area contributed by atoms with Gasteiger partial charge in [0.05, 0.1) is 12.5 Å². The molecule has 0 saturated carbocycles. The number of aromatic nitrogens is 1. The van der Waals surface area contributed by atoms with Gasteiger partial charge in [-0.2, -0.15) is 0 Å². The molecule has 1 N–H and O–H groups in total. The molecule has 0 aliphatic rings. The van der Waals surface area contributed by atoms with Gasteiger partial charge in [-0.25, -0.2) is 4.98 Å². The van der Waals surface area contributed by atoms with Crippen LogP contribution in [0.4, 0.5) is 0 Å². The molecule has 1 aromatic heterocycles. The highest BCUT2D eigenvalue weighted by Crippen LogP contribution is 2.17. The fourth-order valence-corrected chi connectivity index (χ4v) is 2.12. The molecule has 0 aliphatic carbocycles. The number of benzene rings is 1. The van der Waals surface area contributed by atoms with Gasteiger partial charge in [-0.1, -0.05) is 44.7 Å². The third kappa shape index (κ3) is 3.57. The first kappa shape index (κ1) is 13.1. The van der Waals surface area contributed by atoms with E-state index in [1.54, 1.807) is 0 Å². The van der Waals surface area contributed by atoms with Gasteiger partial charge in [0.25, 0.3) is 0 Å². The number of aliphatic hydroxyl groups excluding tert-OH is 1. The summed E-state index contributed by atoms with van der Waals surface area (Å²) < 4.78 is 5.60. The van der Waals surface area contributed by atoms with Gasteiger partial charge in [-0.05, 0) is 18.6 Å². The van der Waals surface area contributed by atoms with Crippen molar-refractivity contribution in [3.63, 3.8) is 0 Å². The van der Waals surface area contributed by atoms with Crippen molar-refractivity contribution in [1.29, 1.82) is 0 Å². The van der Waals surface area contributed by atoms with E-state index >= 15 is 0 Å². The number of nitrogens with zero attached hydrogens (tertiary/aromatic N) is 1. The van der Waals surface area contributed by atoms with Crippen molar-refractivity contribution < 1.29 is 9.52 Å². The highest BCUT2D eigenvalue weighted by atomic mass is 16.4. The maximum Gasteiger partial charge on any atom is 0.198 e. The maximum absolute atomic E-state index is 9.93. The van der Waals surface area contributed by atoms with Crippen molar-refractivity contribution in [2.45, 2.75) is 51.6 Å². The zero-order valence-electron chi connectivity index (χ0n) is 10.9. The normalized spacial score (nSPS) is 13.0. The quantitative estimate of drug-likeness (QED) is 0.759. The fourth-order valence-electron chi connectivity index (χ4n) is 2.12. The number of fused-ring (bicyclic) bond motifs is 1. The zero-order chi connectivity index (χ0) is 12.8. The second-order valence-corrected chi connectivity index (χ2v) is 4.78. The summed E-state index contributed by atoms with van der Waals surface area (Å²) in [6.45, 7) is 2.19. The minimum atomic E-state index is -0.338. The minimum absolute atomic E-state index is 0.338. The molecule has 3 nitrogen and oxygen atoms in total. The first-order valence-corrected chi connectivity index (χ1v) is 6.82. The molecule has 1 aromatic carbocycles. The standard InChI is InChI=1S/C15H21NO2/c1-2-3-4-5-8-12(17)11-15-16-13-9-6-7-10-14(13)18-15/h6-7,9-10,12,17H,2-5,8,11H2,1H3. The number of unbranched alkanes of at least 4 members (excludes halogenated alkanes) is 3. The predicted molar refractivity (Wildman–Crippen MR) is 72.5 cm³/mol. The van der Waals surface area contributed by atoms with Crippen LogP contribution in [0.3, 0.4) is 0 Å². The van der Waals surface area contributed by atoms with Crippen LogP contribution in [0.15, 0.2) is 28.7 Å². The first-order valence-electron chi connectivity index (χ1n) is 6.82. The molecule has 18 heavy (non-hydrogen) atoms. The maximum atomic E-state index is 9.93. The van der Waals surface area contributed by atoms with Crippen LogP contribution in [0.1, 0.15) is 44.9 Å². The number of hydrogen-bond acceptors (Lipinski definition) is 3. The smallest absolute Gasteiger partial charge is 0.198 e. The van der Waals surface area contributed by atoms with Gasteiger partial charge in [-0.3, -0.25) is 0 Å². The van der Waals surface area contributed by atoms with E-state index in [0.29, 0.717) is 12.3 Å². The van der Waals surface area contributed by atoms with E-state index in [9.17, 15) is 5.11 Å². The average molecular weight is 247 g/mol. The van der Waals surface area contributed by atoms with Gasteiger partial charge in [0.2, 0.25) is 0 Å². The number of hydrogen-bond donors (Lipinski definition) is 1. The Labute approximate surface area is 108 Å². The van der Waals surface area contributed by atoms with Gasteiger partial charge >= 0.3 is 0 Å². The molecule has 1 atom stereocenters. The van der Waals surface area contributed by atoms with E-state index in [1.807, 2.05) is 24.3 Å². The molecule has 0 bridgehead atoms. The second-order valence-electron chi connectivity index (χ2n) is 4.78. The summed E-state index contributed by atoms with van der Waals surface area (Å²) in [6.07, 6.45) is 5.75. The molecular weight excluding hydrogens is 226 g/mol. The first-order chi connectivity index (χ1) is 8.79. The molecule has 0 fully saturated rings. The number of para-hydroxylation sites is 2. The summed E-state index contributed by atoms with van der Waals surface area (Å²) in [5.41, 5.74) is 1.66. The largest absolute Gasteiger partial charge is 0.441 e. The van der Waals surface area contributed by atoms with Gasteiger partial charge < -0.3 is 9.52 Å². The lowest BCUT2D eigenvalue weighted by Crippen LogP contribution is -2.10. The summed E-state index contributed by atoms with van der Waals surface area (Å²) in [5.74, 6) is 0.638. The molecule has 2 rings (SSSR count). The molecule has 0 amide bonds. The van der Waals surface area contributed by atoms with Crippen LogP contribution in [-0.4, -0.2) is 16.2 Å². The zero-order valence-corrected chi connectivity index (χ0v) is 10.9. The number of rotatable bonds is 7. The van der Waals surface area contributed by atoms with Crippen molar-refractivity contribution in [1.82, 2.24) is 4.98 Å². The SMILES string of the molecule is CCCCCCC(O)Cc1nc2ccccc2o1. The topological polar surface area (TPSA) is 46.3 Å². The van der Waals surface area contributed by atoms with Gasteiger partial charge in [0.1, 0.15) is 5.52 Å². The van der Waals surface area contributed by atoms with Crippen LogP contribution in [0.5, 0.6) is 0 Å². The van der Waals surface area contributed by atoms with Crippen LogP contribution in [0.25, 0.3) is 11.1 Å². The van der Waals surface area contributed by atoms with E-state index in [0.717, 1.165) is 23.9 Å². The van der Waals surface area contributed by atoms with E-state index in [-0.39, 0.29) is 6.10 Å². The summed E-state index contributed by atoms with van der Waals surface area (Å²) in [6, 6.07) is 7.70. The summed E-state index contributed by atoms with van der Waals surface area (Å²) in [5, 5.41) is 9.93. The average Bonchev–Trinajstić information content (AvgIpc) is 2.76. The Balaban J connectivity index is 1.84.